The van der Waals surface area contributed by atoms with Crippen molar-refractivity contribution < 1.29 is 14.3 Å². The molecule has 3 rings (SSSR count). The Kier molecular flexibility index (Phi) is 8.98. The highest BCUT2D eigenvalue weighted by atomic mass is 79.9. The average molecular weight is 482 g/mol. The maximum Gasteiger partial charge on any atom is 0.259 e. The molecule has 0 spiro atoms. The quantitative estimate of drug-likeness (QED) is 0.303. The average Bonchev–Trinajstić information content (AvgIpc) is 2.79. The van der Waals surface area contributed by atoms with Gasteiger partial charge in [0.1, 0.15) is 11.5 Å². The van der Waals surface area contributed by atoms with Crippen LogP contribution in [0.15, 0.2) is 77.3 Å². The molecule has 0 radical (unpaired) electrons. The molecular formula is C26H28BrNO3. The van der Waals surface area contributed by atoms with Gasteiger partial charge in [-0.1, -0.05) is 65.7 Å². The summed E-state index contributed by atoms with van der Waals surface area (Å²) < 4.78 is 12.5. The molecule has 31 heavy (non-hydrogen) atoms. The van der Waals surface area contributed by atoms with Crippen molar-refractivity contribution in [1.82, 2.24) is 0 Å². The van der Waals surface area contributed by atoms with E-state index in [0.29, 0.717) is 30.2 Å². The highest BCUT2D eigenvalue weighted by Crippen LogP contribution is 2.25. The Morgan fingerprint density at radius 1 is 0.903 bits per heavy atom. The molecule has 0 aliphatic carbocycles. The maximum atomic E-state index is 12.9. The lowest BCUT2D eigenvalue weighted by atomic mass is 10.1. The zero-order chi connectivity index (χ0) is 21.9. The van der Waals surface area contributed by atoms with Crippen molar-refractivity contribution in [3.8, 4) is 11.5 Å². The molecule has 5 heteroatoms. The van der Waals surface area contributed by atoms with Crippen LogP contribution < -0.4 is 14.8 Å². The largest absolute Gasteiger partial charge is 0.494 e. The SMILES string of the molecule is CCCCOc1ccc(Br)cc1C(=O)Nc1cccc(OCCCc2ccccc2)c1. The molecule has 1 N–H and O–H groups in total. The minimum absolute atomic E-state index is 0.214. The van der Waals surface area contributed by atoms with Gasteiger partial charge >= 0.3 is 0 Å². The summed E-state index contributed by atoms with van der Waals surface area (Å²) in [6, 6.07) is 23.3. The Bertz CT molecular complexity index is 975. The number of hydrogen-bond donors (Lipinski definition) is 1. The Morgan fingerprint density at radius 2 is 1.71 bits per heavy atom. The number of anilines is 1. The molecule has 0 aliphatic rings. The zero-order valence-electron chi connectivity index (χ0n) is 17.8. The predicted molar refractivity (Wildman–Crippen MR) is 129 cm³/mol. The van der Waals surface area contributed by atoms with E-state index in [2.05, 4.69) is 40.3 Å². The number of benzene rings is 3. The first-order chi connectivity index (χ1) is 15.2. The monoisotopic (exact) mass is 481 g/mol. The van der Waals surface area contributed by atoms with Crippen LogP contribution in [0.5, 0.6) is 11.5 Å². The molecule has 0 heterocycles. The number of carbonyl (C=O) groups is 1. The molecule has 0 aromatic heterocycles. The molecule has 162 valence electrons. The second-order valence-corrected chi connectivity index (χ2v) is 8.18. The molecule has 0 saturated carbocycles. The Morgan fingerprint density at radius 3 is 2.52 bits per heavy atom. The summed E-state index contributed by atoms with van der Waals surface area (Å²) in [5.41, 5.74) is 2.49. The lowest BCUT2D eigenvalue weighted by molar-refractivity contribution is 0.102. The van der Waals surface area contributed by atoms with Crippen LogP contribution in [0.3, 0.4) is 0 Å². The van der Waals surface area contributed by atoms with Gasteiger partial charge in [-0.15, -0.1) is 0 Å². The topological polar surface area (TPSA) is 47.6 Å². The summed E-state index contributed by atoms with van der Waals surface area (Å²) in [4.78, 5) is 12.9. The first-order valence-electron chi connectivity index (χ1n) is 10.7. The van der Waals surface area contributed by atoms with Crippen molar-refractivity contribution in [2.75, 3.05) is 18.5 Å². The van der Waals surface area contributed by atoms with Crippen LogP contribution in [0.1, 0.15) is 42.1 Å². The van der Waals surface area contributed by atoms with Gasteiger partial charge in [0.2, 0.25) is 0 Å². The zero-order valence-corrected chi connectivity index (χ0v) is 19.4. The van der Waals surface area contributed by atoms with E-state index >= 15 is 0 Å². The van der Waals surface area contributed by atoms with Crippen molar-refractivity contribution in [3.05, 3.63) is 88.4 Å². The molecule has 0 saturated heterocycles. The number of amides is 1. The van der Waals surface area contributed by atoms with E-state index in [0.717, 1.165) is 35.9 Å². The summed E-state index contributed by atoms with van der Waals surface area (Å²) >= 11 is 3.44. The van der Waals surface area contributed by atoms with Gasteiger partial charge in [0, 0.05) is 16.2 Å². The third-order valence-electron chi connectivity index (χ3n) is 4.75. The summed E-state index contributed by atoms with van der Waals surface area (Å²) in [5, 5.41) is 2.95. The van der Waals surface area contributed by atoms with Gasteiger partial charge in [-0.05, 0) is 55.2 Å². The molecule has 3 aromatic carbocycles. The van der Waals surface area contributed by atoms with Crippen LogP contribution in [-0.4, -0.2) is 19.1 Å². The number of hydrogen-bond acceptors (Lipinski definition) is 3. The van der Waals surface area contributed by atoms with Crippen molar-refractivity contribution >= 4 is 27.5 Å². The maximum absolute atomic E-state index is 12.9. The number of carbonyl (C=O) groups excluding carboxylic acids is 1. The van der Waals surface area contributed by atoms with Gasteiger partial charge in [0.15, 0.2) is 0 Å². The summed E-state index contributed by atoms with van der Waals surface area (Å²) in [6.07, 6.45) is 3.88. The molecule has 3 aromatic rings. The number of halogens is 1. The highest BCUT2D eigenvalue weighted by molar-refractivity contribution is 9.10. The van der Waals surface area contributed by atoms with Gasteiger partial charge in [0.25, 0.3) is 5.91 Å². The molecule has 1 amide bonds. The van der Waals surface area contributed by atoms with Crippen molar-refractivity contribution in [2.45, 2.75) is 32.6 Å². The lowest BCUT2D eigenvalue weighted by Gasteiger charge is -2.13. The number of unbranched alkanes of at least 4 members (excludes halogenated alkanes) is 1. The summed E-state index contributed by atoms with van der Waals surface area (Å²) in [7, 11) is 0. The molecule has 4 nitrogen and oxygen atoms in total. The van der Waals surface area contributed by atoms with Crippen LogP contribution in [-0.2, 0) is 6.42 Å². The molecular weight excluding hydrogens is 454 g/mol. The Balaban J connectivity index is 1.57. The smallest absolute Gasteiger partial charge is 0.259 e. The van der Waals surface area contributed by atoms with Gasteiger partial charge in [-0.25, -0.2) is 0 Å². The van der Waals surface area contributed by atoms with E-state index in [1.165, 1.54) is 5.56 Å². The first kappa shape index (κ1) is 22.9. The second-order valence-electron chi connectivity index (χ2n) is 7.26. The van der Waals surface area contributed by atoms with Crippen molar-refractivity contribution in [3.63, 3.8) is 0 Å². The fourth-order valence-electron chi connectivity index (χ4n) is 3.11. The van der Waals surface area contributed by atoms with Gasteiger partial charge in [0.05, 0.1) is 18.8 Å². The van der Waals surface area contributed by atoms with E-state index in [4.69, 9.17) is 9.47 Å². The number of rotatable bonds is 11. The molecule has 0 aliphatic heterocycles. The fraction of sp³-hybridized carbons (Fsp3) is 0.269. The van der Waals surface area contributed by atoms with E-state index in [1.807, 2.05) is 54.6 Å². The molecule has 0 bridgehead atoms. The Hall–Kier alpha value is -2.79. The van der Waals surface area contributed by atoms with Crippen LogP contribution in [0.2, 0.25) is 0 Å². The number of nitrogens with one attached hydrogen (secondary N) is 1. The third-order valence-corrected chi connectivity index (χ3v) is 5.25. The molecule has 0 fully saturated rings. The van der Waals surface area contributed by atoms with E-state index in [9.17, 15) is 4.79 Å². The normalized spacial score (nSPS) is 10.5. The first-order valence-corrected chi connectivity index (χ1v) is 11.5. The minimum Gasteiger partial charge on any atom is -0.494 e. The van der Waals surface area contributed by atoms with Gasteiger partial charge in [-0.3, -0.25) is 4.79 Å². The number of aryl methyl sites for hydroxylation is 1. The number of ether oxygens (including phenoxy) is 2. The van der Waals surface area contributed by atoms with Crippen molar-refractivity contribution in [2.24, 2.45) is 0 Å². The molecule has 0 atom stereocenters. The highest BCUT2D eigenvalue weighted by Gasteiger charge is 2.14. The molecule has 0 unspecified atom stereocenters. The van der Waals surface area contributed by atoms with E-state index < -0.39 is 0 Å². The fourth-order valence-corrected chi connectivity index (χ4v) is 3.47. The van der Waals surface area contributed by atoms with Gasteiger partial charge < -0.3 is 14.8 Å². The van der Waals surface area contributed by atoms with Crippen LogP contribution in [0, 0.1) is 0 Å². The van der Waals surface area contributed by atoms with Crippen LogP contribution in [0.4, 0.5) is 5.69 Å². The lowest BCUT2D eigenvalue weighted by Crippen LogP contribution is -2.14. The van der Waals surface area contributed by atoms with Crippen molar-refractivity contribution in [1.29, 1.82) is 0 Å². The van der Waals surface area contributed by atoms with E-state index in [-0.39, 0.29) is 5.91 Å². The summed E-state index contributed by atoms with van der Waals surface area (Å²) in [5.74, 6) is 1.11. The Labute approximate surface area is 192 Å². The third kappa shape index (κ3) is 7.44. The minimum atomic E-state index is -0.214. The van der Waals surface area contributed by atoms with Crippen LogP contribution >= 0.6 is 15.9 Å². The standard InChI is InChI=1S/C26H28BrNO3/c1-2-3-16-31-25-15-14-21(27)18-24(25)26(29)28-22-12-7-13-23(19-22)30-17-8-11-20-9-5-4-6-10-20/h4-7,9-10,12-15,18-19H,2-3,8,11,16-17H2,1H3,(H,28,29). The summed E-state index contributed by atoms with van der Waals surface area (Å²) in [6.45, 7) is 3.31. The van der Waals surface area contributed by atoms with Crippen LogP contribution in [0.25, 0.3) is 0 Å². The van der Waals surface area contributed by atoms with Gasteiger partial charge in [-0.2, -0.15) is 0 Å². The second kappa shape index (κ2) is 12.2. The van der Waals surface area contributed by atoms with E-state index in [1.54, 1.807) is 6.07 Å². The predicted octanol–water partition coefficient (Wildman–Crippen LogP) is 6.89.